The molecule has 1 aliphatic carbocycles. The van der Waals surface area contributed by atoms with E-state index in [4.69, 9.17) is 11.6 Å². The van der Waals surface area contributed by atoms with E-state index in [-0.39, 0.29) is 11.9 Å². The highest BCUT2D eigenvalue weighted by Gasteiger charge is 2.39. The van der Waals surface area contributed by atoms with Crippen LogP contribution in [0, 0.1) is 0 Å². The number of hydrogen-bond acceptors (Lipinski definition) is 3. The van der Waals surface area contributed by atoms with Crippen molar-refractivity contribution in [3.05, 3.63) is 52.0 Å². The molecule has 1 saturated carbocycles. The molecule has 1 fully saturated rings. The van der Waals surface area contributed by atoms with Gasteiger partial charge in [-0.05, 0) is 12.0 Å². The van der Waals surface area contributed by atoms with E-state index in [0.717, 1.165) is 17.1 Å². The molecular weight excluding hydrogens is 292 g/mol. The largest absolute Gasteiger partial charge is 0.352 e. The zero-order valence-electron chi connectivity index (χ0n) is 10.9. The number of carbonyl (C=O) groups excluding carboxylic acids is 1. The standard InChI is InChI=1S/C15H15ClN2OS/c16-8-11-9-20-15(17-11)7-14(19)18-13-6-12(13)10-4-2-1-3-5-10/h1-5,9,12-13H,6-8H2,(H,18,19). The van der Waals surface area contributed by atoms with Gasteiger partial charge in [0.25, 0.3) is 0 Å². The predicted molar refractivity (Wildman–Crippen MR) is 81.1 cm³/mol. The van der Waals surface area contributed by atoms with Gasteiger partial charge in [-0.15, -0.1) is 22.9 Å². The van der Waals surface area contributed by atoms with Gasteiger partial charge in [-0.1, -0.05) is 30.3 Å². The second kappa shape index (κ2) is 5.94. The average Bonchev–Trinajstić information content (AvgIpc) is 3.07. The summed E-state index contributed by atoms with van der Waals surface area (Å²) >= 11 is 7.19. The maximum Gasteiger partial charge on any atom is 0.227 e. The van der Waals surface area contributed by atoms with Crippen molar-refractivity contribution in [3.8, 4) is 0 Å². The van der Waals surface area contributed by atoms with Crippen LogP contribution in [0.5, 0.6) is 0 Å². The summed E-state index contributed by atoms with van der Waals surface area (Å²) in [5.41, 5.74) is 2.14. The quantitative estimate of drug-likeness (QED) is 0.863. The summed E-state index contributed by atoms with van der Waals surface area (Å²) in [5.74, 6) is 0.912. The molecule has 1 heterocycles. The highest BCUT2D eigenvalue weighted by atomic mass is 35.5. The Hall–Kier alpha value is -1.39. The van der Waals surface area contributed by atoms with Crippen LogP contribution in [0.15, 0.2) is 35.7 Å². The van der Waals surface area contributed by atoms with Gasteiger partial charge in [-0.25, -0.2) is 4.98 Å². The number of carbonyl (C=O) groups is 1. The Morgan fingerprint density at radius 3 is 2.90 bits per heavy atom. The SMILES string of the molecule is O=C(Cc1nc(CCl)cs1)NC1CC1c1ccccc1. The van der Waals surface area contributed by atoms with E-state index in [1.165, 1.54) is 16.9 Å². The normalized spacial score (nSPS) is 20.6. The lowest BCUT2D eigenvalue weighted by atomic mass is 10.1. The molecule has 2 atom stereocenters. The third-order valence-electron chi connectivity index (χ3n) is 3.41. The molecule has 0 bridgehead atoms. The van der Waals surface area contributed by atoms with Crippen molar-refractivity contribution in [1.82, 2.24) is 10.3 Å². The highest BCUT2D eigenvalue weighted by Crippen LogP contribution is 2.40. The minimum Gasteiger partial charge on any atom is -0.352 e. The van der Waals surface area contributed by atoms with Crippen LogP contribution in [-0.2, 0) is 17.1 Å². The molecule has 0 radical (unpaired) electrons. The molecule has 20 heavy (non-hydrogen) atoms. The van der Waals surface area contributed by atoms with Gasteiger partial charge in [-0.3, -0.25) is 4.79 Å². The first-order valence-electron chi connectivity index (χ1n) is 6.60. The Morgan fingerprint density at radius 2 is 2.20 bits per heavy atom. The summed E-state index contributed by atoms with van der Waals surface area (Å²) in [5, 5.41) is 5.80. The van der Waals surface area contributed by atoms with Gasteiger partial charge >= 0.3 is 0 Å². The fraction of sp³-hybridized carbons (Fsp3) is 0.333. The molecule has 0 aliphatic heterocycles. The lowest BCUT2D eigenvalue weighted by Crippen LogP contribution is -2.28. The number of benzene rings is 1. The van der Waals surface area contributed by atoms with E-state index < -0.39 is 0 Å². The molecule has 0 saturated heterocycles. The second-order valence-corrected chi connectivity index (χ2v) is 6.18. The summed E-state index contributed by atoms with van der Waals surface area (Å²) in [4.78, 5) is 16.3. The third kappa shape index (κ3) is 3.19. The number of hydrogen-bond donors (Lipinski definition) is 1. The number of thiazole rings is 1. The molecule has 3 nitrogen and oxygen atoms in total. The summed E-state index contributed by atoms with van der Waals surface area (Å²) in [6, 6.07) is 10.6. The number of nitrogens with zero attached hydrogens (tertiary/aromatic N) is 1. The minimum absolute atomic E-state index is 0.0453. The van der Waals surface area contributed by atoms with Crippen molar-refractivity contribution < 1.29 is 4.79 Å². The predicted octanol–water partition coefficient (Wildman–Crippen LogP) is 3.10. The number of halogens is 1. The molecule has 104 valence electrons. The van der Waals surface area contributed by atoms with E-state index in [0.29, 0.717) is 18.2 Å². The van der Waals surface area contributed by atoms with Crippen molar-refractivity contribution in [2.24, 2.45) is 0 Å². The number of rotatable bonds is 5. The summed E-state index contributed by atoms with van der Waals surface area (Å²) in [7, 11) is 0. The van der Waals surface area contributed by atoms with Gasteiger partial charge in [0.15, 0.2) is 0 Å². The van der Waals surface area contributed by atoms with Crippen molar-refractivity contribution in [3.63, 3.8) is 0 Å². The van der Waals surface area contributed by atoms with E-state index in [1.807, 2.05) is 23.6 Å². The van der Waals surface area contributed by atoms with Crippen molar-refractivity contribution in [2.75, 3.05) is 0 Å². The van der Waals surface area contributed by atoms with Crippen LogP contribution in [0.2, 0.25) is 0 Å². The Bertz CT molecular complexity index is 599. The highest BCUT2D eigenvalue weighted by molar-refractivity contribution is 7.09. The zero-order chi connectivity index (χ0) is 13.9. The van der Waals surface area contributed by atoms with Gasteiger partial charge in [-0.2, -0.15) is 0 Å². The van der Waals surface area contributed by atoms with Gasteiger partial charge in [0, 0.05) is 17.3 Å². The topological polar surface area (TPSA) is 42.0 Å². The number of aromatic nitrogens is 1. The van der Waals surface area contributed by atoms with Crippen molar-refractivity contribution in [2.45, 2.75) is 30.7 Å². The van der Waals surface area contributed by atoms with E-state index in [2.05, 4.69) is 22.4 Å². The molecule has 3 rings (SSSR count). The summed E-state index contributed by atoms with van der Waals surface area (Å²) < 4.78 is 0. The lowest BCUT2D eigenvalue weighted by Gasteiger charge is -2.03. The van der Waals surface area contributed by atoms with Gasteiger partial charge in [0.1, 0.15) is 5.01 Å². The molecule has 0 spiro atoms. The number of alkyl halides is 1. The van der Waals surface area contributed by atoms with Gasteiger partial charge in [0.05, 0.1) is 18.0 Å². The average molecular weight is 307 g/mol. The molecule has 2 unspecified atom stereocenters. The molecule has 1 amide bonds. The van der Waals surface area contributed by atoms with Crippen LogP contribution < -0.4 is 5.32 Å². The Balaban J connectivity index is 1.51. The third-order valence-corrected chi connectivity index (χ3v) is 4.58. The smallest absolute Gasteiger partial charge is 0.227 e. The monoisotopic (exact) mass is 306 g/mol. The fourth-order valence-electron chi connectivity index (χ4n) is 2.31. The van der Waals surface area contributed by atoms with Crippen molar-refractivity contribution >= 4 is 28.8 Å². The summed E-state index contributed by atoms with van der Waals surface area (Å²) in [6.45, 7) is 0. The van der Waals surface area contributed by atoms with E-state index in [1.54, 1.807) is 0 Å². The van der Waals surface area contributed by atoms with Crippen LogP contribution in [-0.4, -0.2) is 16.9 Å². The maximum absolute atomic E-state index is 12.0. The Morgan fingerprint density at radius 1 is 1.40 bits per heavy atom. The number of nitrogens with one attached hydrogen (secondary N) is 1. The lowest BCUT2D eigenvalue weighted by molar-refractivity contribution is -0.120. The Kier molecular flexibility index (Phi) is 4.03. The molecule has 5 heteroatoms. The molecule has 1 aromatic heterocycles. The van der Waals surface area contributed by atoms with Crippen LogP contribution in [0.3, 0.4) is 0 Å². The zero-order valence-corrected chi connectivity index (χ0v) is 12.5. The first kappa shape index (κ1) is 13.6. The molecule has 2 aromatic rings. The van der Waals surface area contributed by atoms with E-state index in [9.17, 15) is 4.79 Å². The minimum atomic E-state index is 0.0453. The molecule has 1 N–H and O–H groups in total. The van der Waals surface area contributed by atoms with Crippen LogP contribution >= 0.6 is 22.9 Å². The number of amides is 1. The Labute approximate surface area is 127 Å². The molecule has 1 aromatic carbocycles. The first-order chi connectivity index (χ1) is 9.76. The van der Waals surface area contributed by atoms with Crippen LogP contribution in [0.1, 0.15) is 28.6 Å². The summed E-state index contributed by atoms with van der Waals surface area (Å²) in [6.07, 6.45) is 1.38. The van der Waals surface area contributed by atoms with Gasteiger partial charge < -0.3 is 5.32 Å². The first-order valence-corrected chi connectivity index (χ1v) is 8.01. The fourth-order valence-corrected chi connectivity index (χ4v) is 3.33. The second-order valence-electron chi connectivity index (χ2n) is 4.97. The van der Waals surface area contributed by atoms with E-state index >= 15 is 0 Å². The molecule has 1 aliphatic rings. The van der Waals surface area contributed by atoms with Crippen LogP contribution in [0.4, 0.5) is 0 Å². The maximum atomic E-state index is 12.0. The van der Waals surface area contributed by atoms with Crippen molar-refractivity contribution in [1.29, 1.82) is 0 Å². The molecular formula is C15H15ClN2OS. The van der Waals surface area contributed by atoms with Crippen LogP contribution in [0.25, 0.3) is 0 Å². The van der Waals surface area contributed by atoms with Gasteiger partial charge in [0.2, 0.25) is 5.91 Å².